The van der Waals surface area contributed by atoms with Gasteiger partial charge in [0.25, 0.3) is 0 Å². The van der Waals surface area contributed by atoms with Gasteiger partial charge in [-0.15, -0.1) is 11.3 Å². The highest BCUT2D eigenvalue weighted by molar-refractivity contribution is 7.09. The highest BCUT2D eigenvalue weighted by atomic mass is 35.5. The quantitative estimate of drug-likeness (QED) is 0.904. The second-order valence-electron chi connectivity index (χ2n) is 4.67. The van der Waals surface area contributed by atoms with Gasteiger partial charge in [0.2, 0.25) is 0 Å². The standard InChI is InChI=1S/C14H17Cl2N3S/c1-9-18-10(8-20-9)7-19(2)13(6-17)11-4-3-5-12(15)14(11)16/h3-5,8,13H,6-7,17H2,1-2H3. The fourth-order valence-electron chi connectivity index (χ4n) is 2.17. The first-order valence-corrected chi connectivity index (χ1v) is 7.91. The maximum Gasteiger partial charge on any atom is 0.0897 e. The molecule has 20 heavy (non-hydrogen) atoms. The van der Waals surface area contributed by atoms with Crippen molar-refractivity contribution >= 4 is 34.5 Å². The zero-order valence-corrected chi connectivity index (χ0v) is 13.8. The van der Waals surface area contributed by atoms with Gasteiger partial charge < -0.3 is 5.73 Å². The number of halogens is 2. The van der Waals surface area contributed by atoms with E-state index in [0.717, 1.165) is 22.8 Å². The average Bonchev–Trinajstić information content (AvgIpc) is 2.81. The maximum absolute atomic E-state index is 6.29. The topological polar surface area (TPSA) is 42.2 Å². The van der Waals surface area contributed by atoms with Gasteiger partial charge in [0.1, 0.15) is 0 Å². The van der Waals surface area contributed by atoms with E-state index in [1.165, 1.54) is 0 Å². The predicted molar refractivity (Wildman–Crippen MR) is 86.6 cm³/mol. The van der Waals surface area contributed by atoms with E-state index in [0.29, 0.717) is 16.6 Å². The van der Waals surface area contributed by atoms with Crippen LogP contribution in [-0.2, 0) is 6.54 Å². The molecule has 0 saturated carbocycles. The Morgan fingerprint density at radius 1 is 1.40 bits per heavy atom. The summed E-state index contributed by atoms with van der Waals surface area (Å²) in [5.74, 6) is 0. The number of thiazole rings is 1. The zero-order chi connectivity index (χ0) is 14.7. The fourth-order valence-corrected chi connectivity index (χ4v) is 3.21. The molecule has 1 heterocycles. The SMILES string of the molecule is Cc1nc(CN(C)C(CN)c2cccc(Cl)c2Cl)cs1. The van der Waals surface area contributed by atoms with Gasteiger partial charge in [-0.05, 0) is 25.6 Å². The van der Waals surface area contributed by atoms with Crippen molar-refractivity contribution in [2.75, 3.05) is 13.6 Å². The average molecular weight is 330 g/mol. The van der Waals surface area contributed by atoms with Gasteiger partial charge in [0.05, 0.1) is 20.7 Å². The molecule has 0 amide bonds. The van der Waals surface area contributed by atoms with Crippen LogP contribution in [0.1, 0.15) is 22.3 Å². The first kappa shape index (κ1) is 15.7. The molecular weight excluding hydrogens is 313 g/mol. The third-order valence-electron chi connectivity index (χ3n) is 3.17. The van der Waals surface area contributed by atoms with E-state index in [1.54, 1.807) is 17.4 Å². The molecule has 2 N–H and O–H groups in total. The molecule has 1 aromatic carbocycles. The molecule has 0 aliphatic carbocycles. The molecule has 1 atom stereocenters. The summed E-state index contributed by atoms with van der Waals surface area (Å²) in [7, 11) is 2.02. The summed E-state index contributed by atoms with van der Waals surface area (Å²) in [4.78, 5) is 6.62. The lowest BCUT2D eigenvalue weighted by Crippen LogP contribution is -2.30. The molecule has 2 aromatic rings. The van der Waals surface area contributed by atoms with Crippen molar-refractivity contribution in [3.8, 4) is 0 Å². The van der Waals surface area contributed by atoms with Crippen LogP contribution in [0, 0.1) is 6.92 Å². The number of hydrogen-bond donors (Lipinski definition) is 1. The van der Waals surface area contributed by atoms with E-state index >= 15 is 0 Å². The first-order valence-electron chi connectivity index (χ1n) is 6.28. The molecule has 0 aliphatic heterocycles. The summed E-state index contributed by atoms with van der Waals surface area (Å²) >= 11 is 14.0. The Kier molecular flexibility index (Phi) is 5.41. The highest BCUT2D eigenvalue weighted by Gasteiger charge is 2.20. The Morgan fingerprint density at radius 2 is 2.15 bits per heavy atom. The summed E-state index contributed by atoms with van der Waals surface area (Å²) in [6.07, 6.45) is 0. The molecule has 0 spiro atoms. The number of nitrogens with zero attached hydrogens (tertiary/aromatic N) is 2. The van der Waals surface area contributed by atoms with Crippen LogP contribution in [0.15, 0.2) is 23.6 Å². The molecule has 0 bridgehead atoms. The van der Waals surface area contributed by atoms with Crippen LogP contribution in [-0.4, -0.2) is 23.5 Å². The zero-order valence-electron chi connectivity index (χ0n) is 11.4. The normalized spacial score (nSPS) is 12.9. The molecule has 6 heteroatoms. The van der Waals surface area contributed by atoms with Gasteiger partial charge in [-0.3, -0.25) is 4.90 Å². The lowest BCUT2D eigenvalue weighted by molar-refractivity contribution is 0.239. The Morgan fingerprint density at radius 3 is 2.75 bits per heavy atom. The van der Waals surface area contributed by atoms with Crippen molar-refractivity contribution in [1.29, 1.82) is 0 Å². The van der Waals surface area contributed by atoms with E-state index in [-0.39, 0.29) is 6.04 Å². The van der Waals surface area contributed by atoms with Crippen LogP contribution in [0.3, 0.4) is 0 Å². The minimum absolute atomic E-state index is 0.0169. The van der Waals surface area contributed by atoms with E-state index in [1.807, 2.05) is 26.1 Å². The Bertz CT molecular complexity index is 586. The smallest absolute Gasteiger partial charge is 0.0897 e. The van der Waals surface area contributed by atoms with Crippen molar-refractivity contribution in [2.24, 2.45) is 5.73 Å². The fraction of sp³-hybridized carbons (Fsp3) is 0.357. The van der Waals surface area contributed by atoms with Crippen LogP contribution in [0.5, 0.6) is 0 Å². The Balaban J connectivity index is 2.20. The molecule has 3 nitrogen and oxygen atoms in total. The minimum Gasteiger partial charge on any atom is -0.329 e. The number of hydrogen-bond acceptors (Lipinski definition) is 4. The lowest BCUT2D eigenvalue weighted by atomic mass is 10.1. The molecule has 0 fully saturated rings. The highest BCUT2D eigenvalue weighted by Crippen LogP contribution is 2.32. The summed E-state index contributed by atoms with van der Waals surface area (Å²) in [6.45, 7) is 3.21. The van der Waals surface area contributed by atoms with Gasteiger partial charge in [-0.1, -0.05) is 35.3 Å². The number of rotatable bonds is 5. The Hall–Kier alpha value is -0.650. The molecule has 0 aliphatic rings. The first-order chi connectivity index (χ1) is 9.52. The van der Waals surface area contributed by atoms with Gasteiger partial charge in [0.15, 0.2) is 0 Å². The van der Waals surface area contributed by atoms with E-state index in [4.69, 9.17) is 28.9 Å². The third kappa shape index (κ3) is 3.51. The summed E-state index contributed by atoms with van der Waals surface area (Å²) in [5.41, 5.74) is 7.92. The van der Waals surface area contributed by atoms with Gasteiger partial charge in [-0.25, -0.2) is 4.98 Å². The molecule has 0 saturated heterocycles. The van der Waals surface area contributed by atoms with Crippen molar-refractivity contribution in [2.45, 2.75) is 19.5 Å². The number of benzene rings is 1. The largest absolute Gasteiger partial charge is 0.329 e. The molecule has 2 rings (SSSR count). The van der Waals surface area contributed by atoms with E-state index in [9.17, 15) is 0 Å². The molecule has 1 aromatic heterocycles. The predicted octanol–water partition coefficient (Wildman–Crippen LogP) is 3.89. The van der Waals surface area contributed by atoms with Crippen molar-refractivity contribution < 1.29 is 0 Å². The van der Waals surface area contributed by atoms with Gasteiger partial charge in [-0.2, -0.15) is 0 Å². The minimum atomic E-state index is 0.0169. The van der Waals surface area contributed by atoms with Crippen LogP contribution in [0.2, 0.25) is 10.0 Å². The monoisotopic (exact) mass is 329 g/mol. The molecule has 0 radical (unpaired) electrons. The van der Waals surface area contributed by atoms with Gasteiger partial charge >= 0.3 is 0 Å². The summed E-state index contributed by atoms with van der Waals surface area (Å²) in [6, 6.07) is 5.66. The van der Waals surface area contributed by atoms with E-state index in [2.05, 4.69) is 15.3 Å². The second-order valence-corrected chi connectivity index (χ2v) is 6.51. The Labute approximate surface area is 133 Å². The third-order valence-corrected chi connectivity index (χ3v) is 4.83. The van der Waals surface area contributed by atoms with Gasteiger partial charge in [0, 0.05) is 24.5 Å². The van der Waals surface area contributed by atoms with Crippen molar-refractivity contribution in [3.63, 3.8) is 0 Å². The van der Waals surface area contributed by atoms with Crippen LogP contribution in [0.25, 0.3) is 0 Å². The van der Waals surface area contributed by atoms with E-state index < -0.39 is 0 Å². The molecule has 1 unspecified atom stereocenters. The van der Waals surface area contributed by atoms with Crippen LogP contribution >= 0.6 is 34.5 Å². The van der Waals surface area contributed by atoms with Crippen LogP contribution in [0.4, 0.5) is 0 Å². The van der Waals surface area contributed by atoms with Crippen LogP contribution < -0.4 is 5.73 Å². The molecular formula is C14H17Cl2N3S. The van der Waals surface area contributed by atoms with Crippen molar-refractivity contribution in [3.05, 3.63) is 49.9 Å². The number of aromatic nitrogens is 1. The lowest BCUT2D eigenvalue weighted by Gasteiger charge is -2.27. The summed E-state index contributed by atoms with van der Waals surface area (Å²) in [5, 5.41) is 4.27. The van der Waals surface area contributed by atoms with Crippen molar-refractivity contribution in [1.82, 2.24) is 9.88 Å². The summed E-state index contributed by atoms with van der Waals surface area (Å²) < 4.78 is 0. The molecule has 108 valence electrons. The number of aryl methyl sites for hydroxylation is 1. The maximum atomic E-state index is 6.29. The number of nitrogens with two attached hydrogens (primary N) is 1. The second kappa shape index (κ2) is 6.87. The number of likely N-dealkylation sites (N-methyl/N-ethyl adjacent to an activating group) is 1.